The molecule has 0 fully saturated rings. The van der Waals surface area contributed by atoms with Crippen LogP contribution >= 0.6 is 0 Å². The zero-order valence-electron chi connectivity index (χ0n) is 10.8. The number of nitrogens with zero attached hydrogens (tertiary/aromatic N) is 1. The first kappa shape index (κ1) is 12.3. The van der Waals surface area contributed by atoms with Crippen molar-refractivity contribution in [1.29, 1.82) is 0 Å². The van der Waals surface area contributed by atoms with Gasteiger partial charge >= 0.3 is 0 Å². The predicted molar refractivity (Wildman–Crippen MR) is 66.2 cm³/mol. The molecule has 17 heavy (non-hydrogen) atoms. The molecular weight excluding hydrogens is 216 g/mol. The highest BCUT2D eigenvalue weighted by Crippen LogP contribution is 2.30. The second-order valence-corrected chi connectivity index (χ2v) is 4.60. The number of methoxy groups -OCH3 is 1. The number of rotatable bonds is 4. The third kappa shape index (κ3) is 1.90. The van der Waals surface area contributed by atoms with Crippen molar-refractivity contribution in [2.24, 2.45) is 0 Å². The molecule has 0 radical (unpaired) electrons. The van der Waals surface area contributed by atoms with Gasteiger partial charge in [-0.3, -0.25) is 4.79 Å². The fourth-order valence-electron chi connectivity index (χ4n) is 2.63. The van der Waals surface area contributed by atoms with Gasteiger partial charge in [0.2, 0.25) is 0 Å². The van der Waals surface area contributed by atoms with E-state index in [4.69, 9.17) is 4.74 Å². The lowest BCUT2D eigenvalue weighted by Crippen LogP contribution is -2.33. The molecule has 0 spiro atoms. The SMILES string of the molecule is CCC(CC)(OC)c1nc2c(c(=O)[nH]1)CCC2. The minimum Gasteiger partial charge on any atom is -0.370 e. The van der Waals surface area contributed by atoms with Crippen LogP contribution in [0.25, 0.3) is 0 Å². The number of aromatic nitrogens is 2. The highest BCUT2D eigenvalue weighted by atomic mass is 16.5. The first-order valence-corrected chi connectivity index (χ1v) is 6.34. The molecule has 0 saturated carbocycles. The second-order valence-electron chi connectivity index (χ2n) is 4.60. The Morgan fingerprint density at radius 3 is 2.65 bits per heavy atom. The molecule has 0 unspecified atom stereocenters. The summed E-state index contributed by atoms with van der Waals surface area (Å²) in [4.78, 5) is 19.5. The van der Waals surface area contributed by atoms with Gasteiger partial charge in [0.05, 0.1) is 5.69 Å². The molecular formula is C13H20N2O2. The maximum Gasteiger partial charge on any atom is 0.254 e. The van der Waals surface area contributed by atoms with Crippen molar-refractivity contribution < 1.29 is 4.74 Å². The van der Waals surface area contributed by atoms with Gasteiger partial charge < -0.3 is 9.72 Å². The summed E-state index contributed by atoms with van der Waals surface area (Å²) in [7, 11) is 1.68. The summed E-state index contributed by atoms with van der Waals surface area (Å²) in [6.45, 7) is 4.11. The number of H-pyrrole nitrogens is 1. The summed E-state index contributed by atoms with van der Waals surface area (Å²) in [5.74, 6) is 0.690. The largest absolute Gasteiger partial charge is 0.370 e. The van der Waals surface area contributed by atoms with Crippen molar-refractivity contribution >= 4 is 0 Å². The molecule has 0 bridgehead atoms. The second kappa shape index (κ2) is 4.61. The van der Waals surface area contributed by atoms with Crippen molar-refractivity contribution in [3.05, 3.63) is 27.4 Å². The van der Waals surface area contributed by atoms with Crippen molar-refractivity contribution in [3.8, 4) is 0 Å². The Morgan fingerprint density at radius 1 is 1.35 bits per heavy atom. The summed E-state index contributed by atoms with van der Waals surface area (Å²) in [5, 5.41) is 0. The minimum atomic E-state index is -0.448. The van der Waals surface area contributed by atoms with Crippen molar-refractivity contribution in [3.63, 3.8) is 0 Å². The summed E-state index contributed by atoms with van der Waals surface area (Å²) < 4.78 is 5.60. The molecule has 0 saturated heterocycles. The van der Waals surface area contributed by atoms with E-state index >= 15 is 0 Å². The van der Waals surface area contributed by atoms with Gasteiger partial charge in [0, 0.05) is 12.7 Å². The van der Waals surface area contributed by atoms with Crippen LogP contribution in [0.3, 0.4) is 0 Å². The van der Waals surface area contributed by atoms with Crippen molar-refractivity contribution in [1.82, 2.24) is 9.97 Å². The van der Waals surface area contributed by atoms with Gasteiger partial charge in [-0.15, -0.1) is 0 Å². The summed E-state index contributed by atoms with van der Waals surface area (Å²) >= 11 is 0. The van der Waals surface area contributed by atoms with Gasteiger partial charge in [0.1, 0.15) is 11.4 Å². The Labute approximate surface area is 101 Å². The first-order valence-electron chi connectivity index (χ1n) is 6.34. The number of aromatic amines is 1. The fraction of sp³-hybridized carbons (Fsp3) is 0.692. The monoisotopic (exact) mass is 236 g/mol. The van der Waals surface area contributed by atoms with E-state index in [0.29, 0.717) is 5.82 Å². The van der Waals surface area contributed by atoms with Crippen LogP contribution in [-0.4, -0.2) is 17.1 Å². The Hall–Kier alpha value is -1.16. The van der Waals surface area contributed by atoms with Gasteiger partial charge in [-0.1, -0.05) is 13.8 Å². The van der Waals surface area contributed by atoms with E-state index < -0.39 is 5.60 Å². The highest BCUT2D eigenvalue weighted by molar-refractivity contribution is 5.24. The van der Waals surface area contributed by atoms with E-state index in [2.05, 4.69) is 23.8 Å². The normalized spacial score (nSPS) is 15.0. The van der Waals surface area contributed by atoms with E-state index in [9.17, 15) is 4.79 Å². The van der Waals surface area contributed by atoms with Crippen LogP contribution in [0.2, 0.25) is 0 Å². The number of nitrogens with one attached hydrogen (secondary N) is 1. The van der Waals surface area contributed by atoms with Crippen LogP contribution in [-0.2, 0) is 23.2 Å². The summed E-state index contributed by atoms with van der Waals surface area (Å²) in [6, 6.07) is 0. The van der Waals surface area contributed by atoms with E-state index in [0.717, 1.165) is 43.4 Å². The zero-order valence-corrected chi connectivity index (χ0v) is 10.8. The van der Waals surface area contributed by atoms with Crippen LogP contribution in [0.5, 0.6) is 0 Å². The molecule has 1 aromatic rings. The molecule has 1 heterocycles. The van der Waals surface area contributed by atoms with Gasteiger partial charge in [-0.05, 0) is 32.1 Å². The van der Waals surface area contributed by atoms with E-state index in [1.54, 1.807) is 7.11 Å². The third-order valence-electron chi connectivity index (χ3n) is 3.91. The molecule has 0 aliphatic heterocycles. The maximum absolute atomic E-state index is 12.0. The average Bonchev–Trinajstić information content (AvgIpc) is 2.81. The predicted octanol–water partition coefficient (Wildman–Crippen LogP) is 1.92. The molecule has 2 rings (SSSR count). The minimum absolute atomic E-state index is 0.0193. The van der Waals surface area contributed by atoms with Crippen LogP contribution in [0.4, 0.5) is 0 Å². The van der Waals surface area contributed by atoms with Gasteiger partial charge in [0.25, 0.3) is 5.56 Å². The smallest absolute Gasteiger partial charge is 0.254 e. The Morgan fingerprint density at radius 2 is 2.06 bits per heavy atom. The number of fused-ring (bicyclic) bond motifs is 1. The lowest BCUT2D eigenvalue weighted by molar-refractivity contribution is -0.0295. The van der Waals surface area contributed by atoms with Crippen LogP contribution in [0, 0.1) is 0 Å². The van der Waals surface area contributed by atoms with E-state index in [1.807, 2.05) is 0 Å². The van der Waals surface area contributed by atoms with Crippen LogP contribution < -0.4 is 5.56 Å². The Kier molecular flexibility index (Phi) is 3.33. The van der Waals surface area contributed by atoms with Crippen molar-refractivity contribution in [2.75, 3.05) is 7.11 Å². The molecule has 1 aliphatic rings. The third-order valence-corrected chi connectivity index (χ3v) is 3.91. The summed E-state index contributed by atoms with van der Waals surface area (Å²) in [6.07, 6.45) is 4.42. The summed E-state index contributed by atoms with van der Waals surface area (Å²) in [5.41, 5.74) is 1.40. The molecule has 4 nitrogen and oxygen atoms in total. The highest BCUT2D eigenvalue weighted by Gasteiger charge is 2.32. The average molecular weight is 236 g/mol. The molecule has 94 valence electrons. The maximum atomic E-state index is 12.0. The fourth-order valence-corrected chi connectivity index (χ4v) is 2.63. The van der Waals surface area contributed by atoms with Crippen LogP contribution in [0.1, 0.15) is 50.2 Å². The number of hydrogen-bond donors (Lipinski definition) is 1. The molecule has 1 N–H and O–H groups in total. The quantitative estimate of drug-likeness (QED) is 0.869. The molecule has 4 heteroatoms. The van der Waals surface area contributed by atoms with Gasteiger partial charge in [-0.25, -0.2) is 4.98 Å². The standard InChI is InChI=1S/C13H20N2O2/c1-4-13(5-2,17-3)12-14-10-8-6-7-9(10)11(16)15-12/h4-8H2,1-3H3,(H,14,15,16). The Bertz CT molecular complexity index is 453. The first-order chi connectivity index (χ1) is 8.16. The molecule has 1 aromatic heterocycles. The topological polar surface area (TPSA) is 55.0 Å². The Balaban J connectivity index is 2.53. The molecule has 0 aromatic carbocycles. The van der Waals surface area contributed by atoms with Crippen LogP contribution in [0.15, 0.2) is 4.79 Å². The van der Waals surface area contributed by atoms with E-state index in [1.165, 1.54) is 0 Å². The lowest BCUT2D eigenvalue weighted by Gasteiger charge is -2.29. The molecule has 0 atom stereocenters. The van der Waals surface area contributed by atoms with E-state index in [-0.39, 0.29) is 5.56 Å². The lowest BCUT2D eigenvalue weighted by atomic mass is 9.95. The van der Waals surface area contributed by atoms with Gasteiger partial charge in [-0.2, -0.15) is 0 Å². The van der Waals surface area contributed by atoms with Gasteiger partial charge in [0.15, 0.2) is 0 Å². The molecule has 1 aliphatic carbocycles. The van der Waals surface area contributed by atoms with Crippen molar-refractivity contribution in [2.45, 2.75) is 51.6 Å². The molecule has 0 amide bonds. The number of ether oxygens (including phenoxy) is 1. The number of hydrogen-bond acceptors (Lipinski definition) is 3. The zero-order chi connectivity index (χ0) is 12.5. The number of aryl methyl sites for hydroxylation is 1.